The van der Waals surface area contributed by atoms with Crippen molar-refractivity contribution in [2.75, 3.05) is 17.7 Å². The molecule has 1 aromatic carbocycles. The number of nitrogens with zero attached hydrogens (tertiary/aromatic N) is 2. The van der Waals surface area contributed by atoms with Crippen molar-refractivity contribution in [1.29, 1.82) is 0 Å². The highest BCUT2D eigenvalue weighted by molar-refractivity contribution is 9.10. The highest BCUT2D eigenvalue weighted by Gasteiger charge is 2.14. The SMILES string of the molecule is CNc1nnc(C(=O)Nc2cc(Br)c(F)cc2C)s1. The first-order valence-corrected chi connectivity index (χ1v) is 6.90. The van der Waals surface area contributed by atoms with Gasteiger partial charge < -0.3 is 10.6 Å². The second-order valence-corrected chi connectivity index (χ2v) is 5.53. The number of aryl methyl sites for hydroxylation is 1. The van der Waals surface area contributed by atoms with E-state index in [1.165, 1.54) is 12.1 Å². The molecule has 0 radical (unpaired) electrons. The molecule has 0 aliphatic rings. The van der Waals surface area contributed by atoms with Gasteiger partial charge in [-0.1, -0.05) is 11.3 Å². The fourth-order valence-corrected chi connectivity index (χ4v) is 2.31. The summed E-state index contributed by atoms with van der Waals surface area (Å²) in [4.78, 5) is 12.0. The van der Waals surface area contributed by atoms with E-state index in [9.17, 15) is 9.18 Å². The van der Waals surface area contributed by atoms with Crippen LogP contribution in [0.5, 0.6) is 0 Å². The van der Waals surface area contributed by atoms with Crippen LogP contribution < -0.4 is 10.6 Å². The lowest BCUT2D eigenvalue weighted by Gasteiger charge is -2.07. The fraction of sp³-hybridized carbons (Fsp3) is 0.182. The Labute approximate surface area is 121 Å². The van der Waals surface area contributed by atoms with Crippen LogP contribution in [0.3, 0.4) is 0 Å². The summed E-state index contributed by atoms with van der Waals surface area (Å²) in [5.74, 6) is -0.746. The summed E-state index contributed by atoms with van der Waals surface area (Å²) in [6.07, 6.45) is 0. The van der Waals surface area contributed by atoms with Crippen molar-refractivity contribution in [2.45, 2.75) is 6.92 Å². The highest BCUT2D eigenvalue weighted by Crippen LogP contribution is 2.25. The number of amides is 1. The minimum Gasteiger partial charge on any atom is -0.363 e. The number of halogens is 2. The molecule has 0 bridgehead atoms. The van der Waals surface area contributed by atoms with Gasteiger partial charge in [-0.15, -0.1) is 10.2 Å². The molecule has 2 aromatic rings. The number of aromatic nitrogens is 2. The Bertz CT molecular complexity index is 631. The first kappa shape index (κ1) is 13.9. The fourth-order valence-electron chi connectivity index (χ4n) is 1.37. The first-order chi connectivity index (χ1) is 9.01. The Morgan fingerprint density at radius 2 is 2.16 bits per heavy atom. The zero-order valence-electron chi connectivity index (χ0n) is 10.1. The summed E-state index contributed by atoms with van der Waals surface area (Å²) >= 11 is 4.22. The van der Waals surface area contributed by atoms with Gasteiger partial charge in [0.25, 0.3) is 5.91 Å². The van der Waals surface area contributed by atoms with Crippen LogP contribution in [0.25, 0.3) is 0 Å². The maximum Gasteiger partial charge on any atom is 0.286 e. The van der Waals surface area contributed by atoms with Crippen LogP contribution in [-0.2, 0) is 0 Å². The standard InChI is InChI=1S/C11H10BrFN4OS/c1-5-3-7(13)6(12)4-8(5)15-9(18)10-16-17-11(14-2)19-10/h3-4H,1-2H3,(H,14,17)(H,15,18). The molecule has 8 heteroatoms. The third-order valence-corrected chi connectivity index (χ3v) is 3.90. The van der Waals surface area contributed by atoms with Crippen molar-refractivity contribution < 1.29 is 9.18 Å². The number of nitrogens with one attached hydrogen (secondary N) is 2. The average Bonchev–Trinajstić information content (AvgIpc) is 2.84. The van der Waals surface area contributed by atoms with E-state index < -0.39 is 0 Å². The quantitative estimate of drug-likeness (QED) is 0.897. The van der Waals surface area contributed by atoms with E-state index >= 15 is 0 Å². The summed E-state index contributed by atoms with van der Waals surface area (Å²) in [6, 6.07) is 2.86. The van der Waals surface area contributed by atoms with Gasteiger partial charge in [0, 0.05) is 12.7 Å². The predicted molar refractivity (Wildman–Crippen MR) is 76.2 cm³/mol. The Hall–Kier alpha value is -1.54. The van der Waals surface area contributed by atoms with Crippen LogP contribution >= 0.6 is 27.3 Å². The number of benzene rings is 1. The number of anilines is 2. The van der Waals surface area contributed by atoms with Gasteiger partial charge in [0.05, 0.1) is 4.47 Å². The van der Waals surface area contributed by atoms with Crippen molar-refractivity contribution in [3.63, 3.8) is 0 Å². The highest BCUT2D eigenvalue weighted by atomic mass is 79.9. The molecular formula is C11H10BrFN4OS. The minimum atomic E-state index is -0.374. The van der Waals surface area contributed by atoms with E-state index in [0.717, 1.165) is 11.3 Å². The van der Waals surface area contributed by atoms with Crippen molar-refractivity contribution in [3.05, 3.63) is 33.0 Å². The molecule has 1 amide bonds. The smallest absolute Gasteiger partial charge is 0.286 e. The van der Waals surface area contributed by atoms with Gasteiger partial charge in [-0.3, -0.25) is 4.79 Å². The van der Waals surface area contributed by atoms with Crippen LogP contribution in [-0.4, -0.2) is 23.2 Å². The number of hydrogen-bond donors (Lipinski definition) is 2. The lowest BCUT2D eigenvalue weighted by Crippen LogP contribution is -2.12. The van der Waals surface area contributed by atoms with Gasteiger partial charge in [0.2, 0.25) is 10.1 Å². The third kappa shape index (κ3) is 3.07. The van der Waals surface area contributed by atoms with Crippen LogP contribution in [0.1, 0.15) is 15.4 Å². The molecule has 1 heterocycles. The zero-order chi connectivity index (χ0) is 14.0. The zero-order valence-corrected chi connectivity index (χ0v) is 12.5. The molecule has 100 valence electrons. The van der Waals surface area contributed by atoms with E-state index in [-0.39, 0.29) is 16.7 Å². The molecule has 0 fully saturated rings. The molecule has 2 N–H and O–H groups in total. The van der Waals surface area contributed by atoms with Gasteiger partial charge in [-0.25, -0.2) is 4.39 Å². The lowest BCUT2D eigenvalue weighted by molar-refractivity contribution is 0.102. The summed E-state index contributed by atoms with van der Waals surface area (Å²) < 4.78 is 13.6. The molecule has 1 aromatic heterocycles. The summed E-state index contributed by atoms with van der Waals surface area (Å²) in [5.41, 5.74) is 1.16. The Morgan fingerprint density at radius 3 is 2.79 bits per heavy atom. The largest absolute Gasteiger partial charge is 0.363 e. The van der Waals surface area contributed by atoms with E-state index in [4.69, 9.17) is 0 Å². The average molecular weight is 345 g/mol. The number of carbonyl (C=O) groups is 1. The topological polar surface area (TPSA) is 66.9 Å². The third-order valence-electron chi connectivity index (χ3n) is 2.35. The Kier molecular flexibility index (Phi) is 4.11. The Morgan fingerprint density at radius 1 is 1.42 bits per heavy atom. The van der Waals surface area contributed by atoms with E-state index in [0.29, 0.717) is 20.9 Å². The predicted octanol–water partition coefficient (Wildman–Crippen LogP) is 3.04. The number of hydrogen-bond acceptors (Lipinski definition) is 5. The molecular weight excluding hydrogens is 335 g/mol. The summed E-state index contributed by atoms with van der Waals surface area (Å²) in [7, 11) is 1.70. The van der Waals surface area contributed by atoms with E-state index in [2.05, 4.69) is 36.8 Å². The molecule has 0 spiro atoms. The van der Waals surface area contributed by atoms with Gasteiger partial charge in [-0.05, 0) is 40.5 Å². The second-order valence-electron chi connectivity index (χ2n) is 3.70. The molecule has 0 saturated heterocycles. The minimum absolute atomic E-state index is 0.240. The molecule has 0 aliphatic heterocycles. The van der Waals surface area contributed by atoms with Crippen molar-refractivity contribution in [1.82, 2.24) is 10.2 Å². The normalized spacial score (nSPS) is 10.3. The Balaban J connectivity index is 2.21. The number of carbonyl (C=O) groups excluding carboxylic acids is 1. The molecule has 0 atom stereocenters. The summed E-state index contributed by atoms with van der Waals surface area (Å²) in [5, 5.41) is 13.8. The van der Waals surface area contributed by atoms with E-state index in [1.54, 1.807) is 14.0 Å². The van der Waals surface area contributed by atoms with Gasteiger partial charge in [0.1, 0.15) is 5.82 Å². The van der Waals surface area contributed by atoms with Crippen LogP contribution in [0.4, 0.5) is 15.2 Å². The van der Waals surface area contributed by atoms with Crippen molar-refractivity contribution >= 4 is 44.0 Å². The maximum atomic E-state index is 13.3. The van der Waals surface area contributed by atoms with Crippen LogP contribution in [0.2, 0.25) is 0 Å². The summed E-state index contributed by atoms with van der Waals surface area (Å²) in [6.45, 7) is 1.71. The molecule has 0 saturated carbocycles. The van der Waals surface area contributed by atoms with Crippen molar-refractivity contribution in [3.8, 4) is 0 Å². The van der Waals surface area contributed by atoms with Crippen molar-refractivity contribution in [2.24, 2.45) is 0 Å². The van der Waals surface area contributed by atoms with Gasteiger partial charge in [-0.2, -0.15) is 0 Å². The van der Waals surface area contributed by atoms with Gasteiger partial charge >= 0.3 is 0 Å². The monoisotopic (exact) mass is 344 g/mol. The lowest BCUT2D eigenvalue weighted by atomic mass is 10.2. The molecule has 0 aliphatic carbocycles. The molecule has 2 rings (SSSR count). The van der Waals surface area contributed by atoms with Crippen LogP contribution in [0, 0.1) is 12.7 Å². The van der Waals surface area contributed by atoms with Gasteiger partial charge in [0.15, 0.2) is 0 Å². The second kappa shape index (κ2) is 5.62. The first-order valence-electron chi connectivity index (χ1n) is 5.29. The maximum absolute atomic E-state index is 13.3. The number of rotatable bonds is 3. The van der Waals surface area contributed by atoms with Crippen LogP contribution in [0.15, 0.2) is 16.6 Å². The molecule has 5 nitrogen and oxygen atoms in total. The molecule has 19 heavy (non-hydrogen) atoms. The molecule has 0 unspecified atom stereocenters. The van der Waals surface area contributed by atoms with E-state index in [1.807, 2.05) is 0 Å².